The van der Waals surface area contributed by atoms with Gasteiger partial charge in [-0.3, -0.25) is 9.10 Å². The Hall–Kier alpha value is -3.04. The molecule has 0 aromatic heterocycles. The first-order valence-corrected chi connectivity index (χ1v) is 13.7. The van der Waals surface area contributed by atoms with E-state index in [9.17, 15) is 17.6 Å². The van der Waals surface area contributed by atoms with Crippen LogP contribution in [0.5, 0.6) is 5.75 Å². The minimum atomic E-state index is -4.01. The van der Waals surface area contributed by atoms with Crippen LogP contribution in [0.3, 0.4) is 0 Å². The molecular weight excluding hydrogens is 487 g/mol. The molecule has 0 saturated heterocycles. The fourth-order valence-electron chi connectivity index (χ4n) is 3.37. The highest BCUT2D eigenvalue weighted by molar-refractivity contribution is 7.98. The first kappa shape index (κ1) is 26.6. The van der Waals surface area contributed by atoms with E-state index in [0.717, 1.165) is 33.4 Å². The maximum absolute atomic E-state index is 13.5. The van der Waals surface area contributed by atoms with Crippen molar-refractivity contribution < 1.29 is 22.3 Å². The molecule has 0 fully saturated rings. The molecular formula is C26H29FN2O4S2. The lowest BCUT2D eigenvalue weighted by Gasteiger charge is -2.26. The summed E-state index contributed by atoms with van der Waals surface area (Å²) in [7, 11) is -2.55. The predicted molar refractivity (Wildman–Crippen MR) is 139 cm³/mol. The molecule has 35 heavy (non-hydrogen) atoms. The van der Waals surface area contributed by atoms with E-state index >= 15 is 0 Å². The second kappa shape index (κ2) is 12.6. The number of benzene rings is 3. The molecule has 3 rings (SSSR count). The minimum Gasteiger partial charge on any atom is -0.495 e. The normalized spacial score (nSPS) is 11.2. The van der Waals surface area contributed by atoms with Crippen LogP contribution >= 0.6 is 11.8 Å². The van der Waals surface area contributed by atoms with Crippen LogP contribution in [0.25, 0.3) is 0 Å². The molecule has 6 nitrogen and oxygen atoms in total. The number of halogens is 1. The van der Waals surface area contributed by atoms with Crippen LogP contribution in [-0.2, 0) is 20.6 Å². The molecule has 186 valence electrons. The molecule has 0 unspecified atom stereocenters. The number of rotatable bonds is 12. The Kier molecular flexibility index (Phi) is 9.56. The number of nitrogens with zero attached hydrogens (tertiary/aromatic N) is 1. The zero-order valence-electron chi connectivity index (χ0n) is 19.7. The molecule has 0 radical (unpaired) electrons. The van der Waals surface area contributed by atoms with Crippen molar-refractivity contribution in [3.63, 3.8) is 0 Å². The van der Waals surface area contributed by atoms with Gasteiger partial charge in [-0.15, -0.1) is 0 Å². The van der Waals surface area contributed by atoms with Gasteiger partial charge in [0.15, 0.2) is 0 Å². The molecule has 0 spiro atoms. The molecule has 0 heterocycles. The fraction of sp³-hybridized carbons (Fsp3) is 0.269. The first-order chi connectivity index (χ1) is 16.8. The van der Waals surface area contributed by atoms with Crippen LogP contribution in [0.2, 0.25) is 0 Å². The number of hydrogen-bond donors (Lipinski definition) is 1. The number of anilines is 1. The SMILES string of the molecule is COc1ccc(C)cc1N(CC(=O)NCCCSCc1ccc(F)cc1)S(=O)(=O)c1ccccc1. The van der Waals surface area contributed by atoms with Gasteiger partial charge in [-0.05, 0) is 66.6 Å². The molecule has 0 aliphatic carbocycles. The van der Waals surface area contributed by atoms with E-state index in [2.05, 4.69) is 5.32 Å². The molecule has 0 aliphatic heterocycles. The van der Waals surface area contributed by atoms with Crippen LogP contribution in [0, 0.1) is 12.7 Å². The molecule has 1 amide bonds. The molecule has 0 bridgehead atoms. The summed E-state index contributed by atoms with van der Waals surface area (Å²) in [5.74, 6) is 1.25. The van der Waals surface area contributed by atoms with Crippen molar-refractivity contribution in [2.75, 3.05) is 30.3 Å². The summed E-state index contributed by atoms with van der Waals surface area (Å²) >= 11 is 1.69. The van der Waals surface area contributed by atoms with Crippen molar-refractivity contribution >= 4 is 33.4 Å². The zero-order valence-corrected chi connectivity index (χ0v) is 21.4. The van der Waals surface area contributed by atoms with E-state index in [1.807, 2.05) is 13.0 Å². The van der Waals surface area contributed by atoms with Gasteiger partial charge in [0.05, 0.1) is 17.7 Å². The number of ether oxygens (including phenoxy) is 1. The second-order valence-corrected chi connectivity index (χ2v) is 10.9. The van der Waals surface area contributed by atoms with Gasteiger partial charge in [0.2, 0.25) is 5.91 Å². The third kappa shape index (κ3) is 7.47. The van der Waals surface area contributed by atoms with E-state index in [4.69, 9.17) is 4.74 Å². The Morgan fingerprint density at radius 3 is 2.46 bits per heavy atom. The monoisotopic (exact) mass is 516 g/mol. The second-order valence-electron chi connectivity index (χ2n) is 7.88. The number of sulfonamides is 1. The fourth-order valence-corrected chi connectivity index (χ4v) is 5.74. The van der Waals surface area contributed by atoms with Crippen molar-refractivity contribution in [1.29, 1.82) is 0 Å². The number of carbonyl (C=O) groups is 1. The maximum atomic E-state index is 13.5. The Labute approximate surface area is 210 Å². The summed E-state index contributed by atoms with van der Waals surface area (Å²) < 4.78 is 46.4. The van der Waals surface area contributed by atoms with Gasteiger partial charge in [-0.1, -0.05) is 36.4 Å². The summed E-state index contributed by atoms with van der Waals surface area (Å²) in [6.07, 6.45) is 0.719. The molecule has 0 saturated carbocycles. The summed E-state index contributed by atoms with van der Waals surface area (Å²) in [6.45, 7) is 1.89. The number of thioether (sulfide) groups is 1. The number of amides is 1. The number of methoxy groups -OCH3 is 1. The smallest absolute Gasteiger partial charge is 0.264 e. The molecule has 0 aliphatic rings. The highest BCUT2D eigenvalue weighted by atomic mass is 32.2. The number of hydrogen-bond acceptors (Lipinski definition) is 5. The third-order valence-corrected chi connectivity index (χ3v) is 8.08. The lowest BCUT2D eigenvalue weighted by Crippen LogP contribution is -2.41. The van der Waals surface area contributed by atoms with E-state index in [0.29, 0.717) is 18.0 Å². The third-order valence-electron chi connectivity index (χ3n) is 5.19. The van der Waals surface area contributed by atoms with Crippen molar-refractivity contribution in [3.05, 3.63) is 89.7 Å². The molecule has 0 atom stereocenters. The van der Waals surface area contributed by atoms with Crippen molar-refractivity contribution in [1.82, 2.24) is 5.32 Å². The zero-order chi connectivity index (χ0) is 25.3. The lowest BCUT2D eigenvalue weighted by molar-refractivity contribution is -0.119. The van der Waals surface area contributed by atoms with Gasteiger partial charge in [0.1, 0.15) is 18.1 Å². The van der Waals surface area contributed by atoms with E-state index < -0.39 is 15.9 Å². The van der Waals surface area contributed by atoms with Crippen LogP contribution in [0.4, 0.5) is 10.1 Å². The standard InChI is InChI=1S/C26H29FN2O4S2/c1-20-9-14-25(33-2)24(17-20)29(35(31,32)23-7-4-3-5-8-23)18-26(30)28-15-6-16-34-19-21-10-12-22(27)13-11-21/h3-5,7-14,17H,6,15-16,18-19H2,1-2H3,(H,28,30). The number of nitrogens with one attached hydrogen (secondary N) is 1. The van der Waals surface area contributed by atoms with Gasteiger partial charge < -0.3 is 10.1 Å². The van der Waals surface area contributed by atoms with Crippen LogP contribution in [-0.4, -0.2) is 40.3 Å². The Morgan fingerprint density at radius 1 is 1.06 bits per heavy atom. The summed E-state index contributed by atoms with van der Waals surface area (Å²) in [4.78, 5) is 12.9. The van der Waals surface area contributed by atoms with Gasteiger partial charge in [0, 0.05) is 12.3 Å². The predicted octanol–water partition coefficient (Wildman–Crippen LogP) is 4.78. The highest BCUT2D eigenvalue weighted by Gasteiger charge is 2.29. The van der Waals surface area contributed by atoms with E-state index in [-0.39, 0.29) is 17.3 Å². The molecule has 9 heteroatoms. The topological polar surface area (TPSA) is 75.7 Å². The summed E-state index contributed by atoms with van der Waals surface area (Å²) in [6, 6.07) is 19.6. The van der Waals surface area contributed by atoms with Crippen LogP contribution < -0.4 is 14.4 Å². The number of carbonyl (C=O) groups excluding carboxylic acids is 1. The lowest BCUT2D eigenvalue weighted by atomic mass is 10.2. The van der Waals surface area contributed by atoms with Crippen molar-refractivity contribution in [2.45, 2.75) is 24.0 Å². The summed E-state index contributed by atoms with van der Waals surface area (Å²) in [5.41, 5.74) is 2.18. The highest BCUT2D eigenvalue weighted by Crippen LogP contribution is 2.33. The minimum absolute atomic E-state index is 0.0913. The summed E-state index contributed by atoms with van der Waals surface area (Å²) in [5, 5.41) is 2.82. The maximum Gasteiger partial charge on any atom is 0.264 e. The van der Waals surface area contributed by atoms with Crippen molar-refractivity contribution in [3.8, 4) is 5.75 Å². The van der Waals surface area contributed by atoms with Crippen LogP contribution in [0.1, 0.15) is 17.5 Å². The quantitative estimate of drug-likeness (QED) is 0.351. The van der Waals surface area contributed by atoms with Gasteiger partial charge in [-0.25, -0.2) is 12.8 Å². The average Bonchev–Trinajstić information content (AvgIpc) is 2.86. The Balaban J connectivity index is 1.64. The van der Waals surface area contributed by atoms with E-state index in [1.165, 1.54) is 31.4 Å². The average molecular weight is 517 g/mol. The Bertz CT molecular complexity index is 1220. The number of aryl methyl sites for hydroxylation is 1. The first-order valence-electron chi connectivity index (χ1n) is 11.1. The molecule has 3 aromatic rings. The van der Waals surface area contributed by atoms with Gasteiger partial charge >= 0.3 is 0 Å². The van der Waals surface area contributed by atoms with Crippen LogP contribution in [0.15, 0.2) is 77.7 Å². The molecule has 1 N–H and O–H groups in total. The van der Waals surface area contributed by atoms with E-state index in [1.54, 1.807) is 54.2 Å². The van der Waals surface area contributed by atoms with Gasteiger partial charge in [0.25, 0.3) is 10.0 Å². The largest absolute Gasteiger partial charge is 0.495 e. The Morgan fingerprint density at radius 2 is 1.77 bits per heavy atom. The molecule has 3 aromatic carbocycles. The van der Waals surface area contributed by atoms with Crippen molar-refractivity contribution in [2.24, 2.45) is 0 Å². The van der Waals surface area contributed by atoms with Gasteiger partial charge in [-0.2, -0.15) is 11.8 Å².